The molecule has 4 nitrogen and oxygen atoms in total. The summed E-state index contributed by atoms with van der Waals surface area (Å²) >= 11 is 5.73. The van der Waals surface area contributed by atoms with Crippen LogP contribution in [-0.2, 0) is 0 Å². The molecule has 0 spiro atoms. The molecule has 0 bridgehead atoms. The Bertz CT molecular complexity index is 527. The number of benzene rings is 1. The van der Waals surface area contributed by atoms with Crippen LogP contribution in [0.5, 0.6) is 0 Å². The highest BCUT2D eigenvalue weighted by Crippen LogP contribution is 2.29. The van der Waals surface area contributed by atoms with Crippen molar-refractivity contribution >= 4 is 31.0 Å². The van der Waals surface area contributed by atoms with Gasteiger partial charge in [-0.2, -0.15) is 0 Å². The van der Waals surface area contributed by atoms with E-state index in [4.69, 9.17) is 17.3 Å². The van der Waals surface area contributed by atoms with Gasteiger partial charge in [0.05, 0.1) is 10.5 Å². The lowest BCUT2D eigenvalue weighted by Crippen LogP contribution is -2.16. The van der Waals surface area contributed by atoms with Crippen LogP contribution in [0.1, 0.15) is 5.56 Å². The molecular formula is C11H13ClN2O2Si. The van der Waals surface area contributed by atoms with Gasteiger partial charge in [0, 0.05) is 11.8 Å². The van der Waals surface area contributed by atoms with Crippen molar-refractivity contribution in [1.29, 1.82) is 0 Å². The Hall–Kier alpha value is -1.51. The maximum absolute atomic E-state index is 10.7. The van der Waals surface area contributed by atoms with E-state index in [1.165, 1.54) is 12.1 Å². The van der Waals surface area contributed by atoms with Gasteiger partial charge in [-0.3, -0.25) is 10.1 Å². The van der Waals surface area contributed by atoms with Crippen LogP contribution >= 0.6 is 11.6 Å². The second kappa shape index (κ2) is 4.78. The molecule has 90 valence electrons. The Morgan fingerprint density at radius 3 is 2.47 bits per heavy atom. The molecule has 6 heteroatoms. The van der Waals surface area contributed by atoms with Crippen molar-refractivity contribution < 1.29 is 4.92 Å². The molecule has 0 aliphatic carbocycles. The monoisotopic (exact) mass is 268 g/mol. The molecule has 0 aliphatic rings. The van der Waals surface area contributed by atoms with Crippen LogP contribution in [0.3, 0.4) is 0 Å². The summed E-state index contributed by atoms with van der Waals surface area (Å²) in [7, 11) is -1.54. The van der Waals surface area contributed by atoms with Gasteiger partial charge in [-0.25, -0.2) is 0 Å². The molecule has 17 heavy (non-hydrogen) atoms. The van der Waals surface area contributed by atoms with Gasteiger partial charge in [0.2, 0.25) is 0 Å². The molecule has 0 unspecified atom stereocenters. The molecule has 0 aromatic heterocycles. The molecule has 0 amide bonds. The first kappa shape index (κ1) is 13.6. The molecule has 1 rings (SSSR count). The molecule has 2 N–H and O–H groups in total. The second-order valence-electron chi connectivity index (χ2n) is 4.65. The number of nitro benzene ring substituents is 1. The molecule has 1 aromatic rings. The van der Waals surface area contributed by atoms with Crippen molar-refractivity contribution in [2.75, 3.05) is 5.73 Å². The normalized spacial score (nSPS) is 10.6. The van der Waals surface area contributed by atoms with Crippen molar-refractivity contribution in [3.8, 4) is 11.5 Å². The van der Waals surface area contributed by atoms with Crippen molar-refractivity contribution in [2.45, 2.75) is 19.6 Å². The molecule has 0 heterocycles. The molecular weight excluding hydrogens is 256 g/mol. The van der Waals surface area contributed by atoms with Crippen molar-refractivity contribution in [2.24, 2.45) is 0 Å². The summed E-state index contributed by atoms with van der Waals surface area (Å²) in [5, 5.41) is 10.8. The molecule has 0 saturated carbocycles. The number of halogens is 1. The summed E-state index contributed by atoms with van der Waals surface area (Å²) < 4.78 is 0. The minimum absolute atomic E-state index is 0.0334. The number of nitro groups is 1. The van der Waals surface area contributed by atoms with Gasteiger partial charge in [0.25, 0.3) is 5.69 Å². The molecule has 0 saturated heterocycles. The number of nitrogens with two attached hydrogens (primary N) is 1. The lowest BCUT2D eigenvalue weighted by molar-refractivity contribution is -0.384. The highest BCUT2D eigenvalue weighted by atomic mass is 35.5. The van der Waals surface area contributed by atoms with Crippen LogP contribution in [0.4, 0.5) is 11.4 Å². The number of hydrogen-bond acceptors (Lipinski definition) is 3. The molecule has 0 fully saturated rings. The first-order valence-corrected chi connectivity index (χ1v) is 8.85. The summed E-state index contributed by atoms with van der Waals surface area (Å²) in [6.07, 6.45) is 0. The standard InChI is InChI=1S/C11H13ClN2O2Si/c1-17(2,3)5-4-8-6-11(14(15)16)9(12)7-10(8)13/h6-7H,13H2,1-3H3. The third kappa shape index (κ3) is 3.77. The van der Waals surface area contributed by atoms with Gasteiger partial charge in [-0.15, -0.1) is 5.54 Å². The predicted molar refractivity (Wildman–Crippen MR) is 72.7 cm³/mol. The van der Waals surface area contributed by atoms with Crippen LogP contribution in [0.25, 0.3) is 0 Å². The van der Waals surface area contributed by atoms with E-state index in [0.29, 0.717) is 11.3 Å². The predicted octanol–water partition coefficient (Wildman–Crippen LogP) is 3.06. The summed E-state index contributed by atoms with van der Waals surface area (Å²) in [6.45, 7) is 6.25. The zero-order valence-electron chi connectivity index (χ0n) is 9.87. The quantitative estimate of drug-likeness (QED) is 0.280. The highest BCUT2D eigenvalue weighted by Gasteiger charge is 2.15. The van der Waals surface area contributed by atoms with Crippen LogP contribution < -0.4 is 5.73 Å². The maximum Gasteiger partial charge on any atom is 0.289 e. The molecule has 1 aromatic carbocycles. The number of rotatable bonds is 1. The minimum atomic E-state index is -1.54. The Balaban J connectivity index is 3.29. The first-order chi connectivity index (χ1) is 7.70. The third-order valence-corrected chi connectivity index (χ3v) is 3.07. The first-order valence-electron chi connectivity index (χ1n) is 4.97. The summed E-state index contributed by atoms with van der Waals surface area (Å²) in [6, 6.07) is 2.69. The number of hydrogen-bond donors (Lipinski definition) is 1. The van der Waals surface area contributed by atoms with Crippen LogP contribution in [-0.4, -0.2) is 13.0 Å². The summed E-state index contributed by atoms with van der Waals surface area (Å²) in [5.41, 5.74) is 9.50. The summed E-state index contributed by atoms with van der Waals surface area (Å²) in [5.74, 6) is 2.90. The van der Waals surface area contributed by atoms with E-state index in [1.54, 1.807) is 0 Å². The zero-order chi connectivity index (χ0) is 13.2. The topological polar surface area (TPSA) is 69.2 Å². The lowest BCUT2D eigenvalue weighted by atomic mass is 10.1. The van der Waals surface area contributed by atoms with Gasteiger partial charge in [0.1, 0.15) is 13.1 Å². The fourth-order valence-corrected chi connectivity index (χ4v) is 1.83. The number of nitrogens with zero attached hydrogens (tertiary/aromatic N) is 1. The average molecular weight is 269 g/mol. The smallest absolute Gasteiger partial charge is 0.289 e. The van der Waals surface area contributed by atoms with Gasteiger partial charge < -0.3 is 5.73 Å². The molecule has 0 aliphatic heterocycles. The third-order valence-electron chi connectivity index (χ3n) is 1.89. The van der Waals surface area contributed by atoms with Crippen molar-refractivity contribution in [3.05, 3.63) is 32.8 Å². The maximum atomic E-state index is 10.7. The van der Waals surface area contributed by atoms with E-state index < -0.39 is 13.0 Å². The molecule has 0 atom stereocenters. The van der Waals surface area contributed by atoms with Crippen LogP contribution in [0, 0.1) is 21.6 Å². The minimum Gasteiger partial charge on any atom is -0.398 e. The second-order valence-corrected chi connectivity index (χ2v) is 9.81. The van der Waals surface area contributed by atoms with Crippen LogP contribution in [0.15, 0.2) is 12.1 Å². The zero-order valence-corrected chi connectivity index (χ0v) is 11.6. The SMILES string of the molecule is C[Si](C)(C)C#Cc1cc([N+](=O)[O-])c(Cl)cc1N. The number of anilines is 1. The Morgan fingerprint density at radius 1 is 1.41 bits per heavy atom. The van der Waals surface area contributed by atoms with E-state index in [0.717, 1.165) is 0 Å². The van der Waals surface area contributed by atoms with E-state index in [9.17, 15) is 10.1 Å². The summed E-state index contributed by atoms with van der Waals surface area (Å²) in [4.78, 5) is 10.2. The van der Waals surface area contributed by atoms with E-state index in [-0.39, 0.29) is 10.7 Å². The largest absolute Gasteiger partial charge is 0.398 e. The van der Waals surface area contributed by atoms with Crippen molar-refractivity contribution in [3.63, 3.8) is 0 Å². The van der Waals surface area contributed by atoms with E-state index >= 15 is 0 Å². The van der Waals surface area contributed by atoms with Gasteiger partial charge >= 0.3 is 0 Å². The van der Waals surface area contributed by atoms with Gasteiger partial charge in [-0.1, -0.05) is 37.2 Å². The molecule has 0 radical (unpaired) electrons. The lowest BCUT2D eigenvalue weighted by Gasteiger charge is -2.05. The van der Waals surface area contributed by atoms with Crippen molar-refractivity contribution in [1.82, 2.24) is 0 Å². The fraction of sp³-hybridized carbons (Fsp3) is 0.273. The van der Waals surface area contributed by atoms with Crippen LogP contribution in [0.2, 0.25) is 24.7 Å². The Morgan fingerprint density at radius 2 is 2.00 bits per heavy atom. The van der Waals surface area contributed by atoms with Gasteiger partial charge in [0.15, 0.2) is 0 Å². The number of nitrogen functional groups attached to an aromatic ring is 1. The Labute approximate surface area is 106 Å². The average Bonchev–Trinajstić information content (AvgIpc) is 2.14. The Kier molecular flexibility index (Phi) is 3.81. The highest BCUT2D eigenvalue weighted by molar-refractivity contribution is 6.83. The van der Waals surface area contributed by atoms with Gasteiger partial charge in [-0.05, 0) is 6.07 Å². The van der Waals surface area contributed by atoms with E-state index in [1.807, 2.05) is 0 Å². The fourth-order valence-electron chi connectivity index (χ4n) is 1.08. The van der Waals surface area contributed by atoms with E-state index in [2.05, 4.69) is 31.1 Å².